The van der Waals surface area contributed by atoms with Gasteiger partial charge in [-0.25, -0.2) is 0 Å². The van der Waals surface area contributed by atoms with Gasteiger partial charge in [-0.05, 0) is 23.1 Å². The van der Waals surface area contributed by atoms with Gasteiger partial charge in [-0.2, -0.15) is 0 Å². The molecule has 0 spiro atoms. The Hall–Kier alpha value is -2.51. The van der Waals surface area contributed by atoms with Crippen LogP contribution in [0.25, 0.3) is 0 Å². The number of ketones is 1. The van der Waals surface area contributed by atoms with Crippen molar-refractivity contribution in [2.75, 3.05) is 27.2 Å². The number of carbonyl (C=O) groups is 2. The van der Waals surface area contributed by atoms with Gasteiger partial charge in [-0.15, -0.1) is 11.3 Å². The molecule has 2 aromatic heterocycles. The summed E-state index contributed by atoms with van der Waals surface area (Å²) in [5, 5.41) is 12.3. The van der Waals surface area contributed by atoms with Gasteiger partial charge in [-0.3, -0.25) is 14.6 Å². The van der Waals surface area contributed by atoms with Gasteiger partial charge < -0.3 is 14.9 Å². The highest BCUT2D eigenvalue weighted by Crippen LogP contribution is 2.39. The Bertz CT molecular complexity index is 816. The van der Waals surface area contributed by atoms with Crippen LogP contribution in [-0.2, 0) is 4.79 Å². The van der Waals surface area contributed by atoms with Gasteiger partial charge >= 0.3 is 0 Å². The van der Waals surface area contributed by atoms with Crippen LogP contribution in [0.4, 0.5) is 0 Å². The Kier molecular flexibility index (Phi) is 5.49. The molecule has 2 aromatic rings. The number of aromatic nitrogens is 1. The average Bonchev–Trinajstić information content (AvgIpc) is 3.24. The summed E-state index contributed by atoms with van der Waals surface area (Å²) >= 11 is 1.30. The lowest BCUT2D eigenvalue weighted by Crippen LogP contribution is -3.05. The molecule has 2 N–H and O–H groups in total. The average molecular weight is 372 g/mol. The van der Waals surface area contributed by atoms with E-state index >= 15 is 0 Å². The largest absolute Gasteiger partial charge is 0.503 e. The number of thiophene rings is 1. The first kappa shape index (κ1) is 18.3. The fourth-order valence-corrected chi connectivity index (χ4v) is 3.82. The number of hydrogen-bond donors (Lipinski definition) is 2. The molecule has 0 aliphatic carbocycles. The first-order valence-corrected chi connectivity index (χ1v) is 9.40. The lowest BCUT2D eigenvalue weighted by Gasteiger charge is -2.26. The molecule has 1 unspecified atom stereocenters. The van der Waals surface area contributed by atoms with E-state index < -0.39 is 17.7 Å². The fourth-order valence-electron chi connectivity index (χ4n) is 3.14. The molecule has 0 saturated heterocycles. The summed E-state index contributed by atoms with van der Waals surface area (Å²) in [6, 6.07) is 6.47. The van der Waals surface area contributed by atoms with E-state index in [1.807, 2.05) is 20.2 Å². The quantitative estimate of drug-likeness (QED) is 0.718. The van der Waals surface area contributed by atoms with Crippen molar-refractivity contribution in [1.29, 1.82) is 0 Å². The minimum absolute atomic E-state index is 0.141. The molecular formula is C19H22N3O3S+. The summed E-state index contributed by atoms with van der Waals surface area (Å²) in [7, 11) is 4.09. The standard InChI is InChI=1S/C19H21N3O3S/c1-21(2)9-5-10-22-16(13-6-3-8-20-12-13)15(18(24)19(22)25)17(23)14-7-4-11-26-14/h3-4,6-8,11-12,16,24H,5,9-10H2,1-2H3/p+1. The number of rotatable bonds is 7. The summed E-state index contributed by atoms with van der Waals surface area (Å²) in [6.07, 6.45) is 4.06. The van der Waals surface area contributed by atoms with Crippen LogP contribution in [0.5, 0.6) is 0 Å². The highest BCUT2D eigenvalue weighted by molar-refractivity contribution is 7.12. The molecule has 0 bridgehead atoms. The van der Waals surface area contributed by atoms with E-state index in [9.17, 15) is 14.7 Å². The highest BCUT2D eigenvalue weighted by atomic mass is 32.1. The maximum Gasteiger partial charge on any atom is 0.290 e. The number of quaternary nitrogens is 1. The van der Waals surface area contributed by atoms with Crippen molar-refractivity contribution in [1.82, 2.24) is 9.88 Å². The number of amides is 1. The first-order chi connectivity index (χ1) is 12.5. The fraction of sp³-hybridized carbons (Fsp3) is 0.316. The molecule has 3 heterocycles. The van der Waals surface area contributed by atoms with E-state index in [4.69, 9.17) is 0 Å². The van der Waals surface area contributed by atoms with Crippen LogP contribution in [0, 0.1) is 0 Å². The van der Waals surface area contributed by atoms with Gasteiger partial charge in [0.05, 0.1) is 37.1 Å². The van der Waals surface area contributed by atoms with Crippen LogP contribution in [0.3, 0.4) is 0 Å². The van der Waals surface area contributed by atoms with E-state index in [2.05, 4.69) is 4.98 Å². The molecule has 26 heavy (non-hydrogen) atoms. The molecule has 1 atom stereocenters. The van der Waals surface area contributed by atoms with Gasteiger partial charge in [0.2, 0.25) is 5.78 Å². The Morgan fingerprint density at radius 2 is 2.15 bits per heavy atom. The van der Waals surface area contributed by atoms with Crippen molar-refractivity contribution in [3.8, 4) is 0 Å². The number of Topliss-reactive ketones (excluding diaryl/α,β-unsaturated/α-hetero) is 1. The summed E-state index contributed by atoms with van der Waals surface area (Å²) in [5.74, 6) is -1.25. The minimum Gasteiger partial charge on any atom is -0.503 e. The molecule has 0 fully saturated rings. The molecule has 0 aromatic carbocycles. The zero-order valence-corrected chi connectivity index (χ0v) is 15.6. The van der Waals surface area contributed by atoms with Crippen molar-refractivity contribution in [3.63, 3.8) is 0 Å². The Labute approximate surface area is 156 Å². The molecule has 1 aliphatic rings. The van der Waals surface area contributed by atoms with Gasteiger partial charge in [-0.1, -0.05) is 12.1 Å². The number of aliphatic hydroxyl groups excluding tert-OH is 1. The van der Waals surface area contributed by atoms with Gasteiger partial charge in [0.15, 0.2) is 5.76 Å². The predicted molar refractivity (Wildman–Crippen MR) is 99.3 cm³/mol. The number of hydrogen-bond acceptors (Lipinski definition) is 5. The number of nitrogens with one attached hydrogen (secondary N) is 1. The number of carbonyl (C=O) groups excluding carboxylic acids is 2. The number of aliphatic hydroxyl groups is 1. The van der Waals surface area contributed by atoms with Gasteiger partial charge in [0, 0.05) is 25.4 Å². The second-order valence-electron chi connectivity index (χ2n) is 6.57. The molecule has 136 valence electrons. The Balaban J connectivity index is 1.97. The third-order valence-electron chi connectivity index (χ3n) is 4.37. The smallest absolute Gasteiger partial charge is 0.290 e. The second kappa shape index (κ2) is 7.80. The number of pyridine rings is 1. The summed E-state index contributed by atoms with van der Waals surface area (Å²) in [6.45, 7) is 1.35. The highest BCUT2D eigenvalue weighted by Gasteiger charge is 2.43. The molecule has 6 nitrogen and oxygen atoms in total. The Morgan fingerprint density at radius 1 is 1.35 bits per heavy atom. The monoisotopic (exact) mass is 372 g/mol. The molecule has 1 aliphatic heterocycles. The molecule has 0 saturated carbocycles. The van der Waals surface area contributed by atoms with Crippen molar-refractivity contribution in [2.45, 2.75) is 12.5 Å². The second-order valence-corrected chi connectivity index (χ2v) is 7.51. The predicted octanol–water partition coefficient (Wildman–Crippen LogP) is 1.26. The van der Waals surface area contributed by atoms with Crippen molar-refractivity contribution in [2.24, 2.45) is 0 Å². The van der Waals surface area contributed by atoms with Gasteiger partial charge in [0.1, 0.15) is 0 Å². The third kappa shape index (κ3) is 3.54. The summed E-state index contributed by atoms with van der Waals surface area (Å²) < 4.78 is 0. The Morgan fingerprint density at radius 3 is 2.77 bits per heavy atom. The van der Waals surface area contributed by atoms with E-state index in [1.165, 1.54) is 16.2 Å². The van der Waals surface area contributed by atoms with Crippen molar-refractivity contribution >= 4 is 23.0 Å². The van der Waals surface area contributed by atoms with Crippen LogP contribution in [-0.4, -0.2) is 53.9 Å². The van der Waals surface area contributed by atoms with Crippen molar-refractivity contribution in [3.05, 3.63) is 63.8 Å². The molecular weight excluding hydrogens is 350 g/mol. The maximum atomic E-state index is 13.0. The van der Waals surface area contributed by atoms with E-state index in [0.29, 0.717) is 11.4 Å². The third-order valence-corrected chi connectivity index (χ3v) is 5.24. The first-order valence-electron chi connectivity index (χ1n) is 8.52. The summed E-state index contributed by atoms with van der Waals surface area (Å²) in [4.78, 5) is 33.1. The molecule has 1 amide bonds. The molecule has 3 rings (SSSR count). The molecule has 0 radical (unpaired) electrons. The topological polar surface area (TPSA) is 74.9 Å². The minimum atomic E-state index is -0.608. The van der Waals surface area contributed by atoms with Crippen LogP contribution < -0.4 is 4.90 Å². The summed E-state index contributed by atoms with van der Waals surface area (Å²) in [5.41, 5.74) is 0.865. The van der Waals surface area contributed by atoms with E-state index in [0.717, 1.165) is 18.5 Å². The maximum absolute atomic E-state index is 13.0. The van der Waals surface area contributed by atoms with Crippen molar-refractivity contribution < 1.29 is 19.6 Å². The lowest BCUT2D eigenvalue weighted by atomic mass is 9.96. The normalized spacial score (nSPS) is 17.4. The lowest BCUT2D eigenvalue weighted by molar-refractivity contribution is -0.858. The zero-order chi connectivity index (χ0) is 18.7. The SMILES string of the molecule is C[NH+](C)CCCN1C(=O)C(O)=C(C(=O)c2cccs2)C1c1cccnc1. The van der Waals surface area contributed by atoms with Crippen LogP contribution >= 0.6 is 11.3 Å². The van der Waals surface area contributed by atoms with Crippen LogP contribution in [0.15, 0.2) is 53.4 Å². The number of nitrogens with zero attached hydrogens (tertiary/aromatic N) is 2. The van der Waals surface area contributed by atoms with Gasteiger partial charge in [0.25, 0.3) is 5.91 Å². The van der Waals surface area contributed by atoms with E-state index in [-0.39, 0.29) is 11.4 Å². The van der Waals surface area contributed by atoms with Crippen LogP contribution in [0.1, 0.15) is 27.7 Å². The van der Waals surface area contributed by atoms with E-state index in [1.54, 1.807) is 40.9 Å². The zero-order valence-electron chi connectivity index (χ0n) is 14.8. The van der Waals surface area contributed by atoms with Crippen LogP contribution in [0.2, 0.25) is 0 Å². The molecule has 7 heteroatoms.